The number of nitrogens with zero attached hydrogens (tertiary/aromatic N) is 3. The Bertz CT molecular complexity index is 4390. The van der Waals surface area contributed by atoms with Crippen LogP contribution >= 0.6 is 0 Å². The van der Waals surface area contributed by atoms with Crippen LogP contribution < -0.4 is 20.3 Å². The summed E-state index contributed by atoms with van der Waals surface area (Å²) in [4.78, 5) is 0. The van der Waals surface area contributed by atoms with Crippen molar-refractivity contribution in [3.8, 4) is 50.9 Å². The van der Waals surface area contributed by atoms with Crippen LogP contribution in [0.3, 0.4) is 0 Å². The first-order valence-electron chi connectivity index (χ1n) is 22.7. The number of fused-ring (bicyclic) bond motifs is 17. The van der Waals surface area contributed by atoms with Gasteiger partial charge in [0.1, 0.15) is 17.2 Å². The number of rotatable bonds is 3. The fourth-order valence-corrected chi connectivity index (χ4v) is 11.9. The highest BCUT2D eigenvalue weighted by Gasteiger charge is 2.41. The van der Waals surface area contributed by atoms with Crippen LogP contribution in [0.25, 0.3) is 115 Å². The summed E-state index contributed by atoms with van der Waals surface area (Å²) in [6.45, 7) is -0.371. The Labute approximate surface area is 377 Å². The van der Waals surface area contributed by atoms with Crippen molar-refractivity contribution in [1.82, 2.24) is 13.5 Å². The van der Waals surface area contributed by atoms with Gasteiger partial charge < -0.3 is 22.9 Å². The number of hydrogen-bond acceptors (Lipinski definition) is 2. The highest BCUT2D eigenvalue weighted by Crippen LogP contribution is 2.47. The lowest BCUT2D eigenvalue weighted by Gasteiger charge is -2.33. The fourth-order valence-electron chi connectivity index (χ4n) is 11.9. The van der Waals surface area contributed by atoms with Crippen molar-refractivity contribution in [3.63, 3.8) is 0 Å². The smallest absolute Gasteiger partial charge is 0.434 e. The van der Waals surface area contributed by atoms with Gasteiger partial charge in [0.2, 0.25) is 0 Å². The molecule has 6 heteroatoms. The van der Waals surface area contributed by atoms with Gasteiger partial charge in [0.25, 0.3) is 0 Å². The fraction of sp³-hybridized carbons (Fsp3) is 0. The Morgan fingerprint density at radius 1 is 0.348 bits per heavy atom. The summed E-state index contributed by atoms with van der Waals surface area (Å²) in [5, 5.41) is 10.0. The Morgan fingerprint density at radius 3 is 1.70 bits per heavy atom. The second-order valence-electron chi connectivity index (χ2n) is 17.9. The third-order valence-electron chi connectivity index (χ3n) is 14.6. The van der Waals surface area contributed by atoms with Gasteiger partial charge in [0, 0.05) is 71.0 Å². The minimum atomic E-state index is -0.371. The molecule has 0 N–H and O–H groups in total. The molecule has 10 aromatic carbocycles. The molecule has 0 atom stereocenters. The maximum absolute atomic E-state index is 7.10. The summed E-state index contributed by atoms with van der Waals surface area (Å²) in [6, 6.07) is 74.9. The van der Waals surface area contributed by atoms with E-state index in [-0.39, 0.29) is 6.92 Å². The number of hydrogen-bond donors (Lipinski definition) is 0. The molecule has 0 fully saturated rings. The zero-order valence-corrected chi connectivity index (χ0v) is 35.4. The van der Waals surface area contributed by atoms with E-state index >= 15 is 0 Å². The molecule has 6 heterocycles. The lowest BCUT2D eigenvalue weighted by molar-refractivity contribution is 0.479. The molecule has 0 saturated carbocycles. The molecule has 0 bridgehead atoms. The summed E-state index contributed by atoms with van der Waals surface area (Å²) in [7, 11) is 0. The molecule has 304 valence electrons. The predicted octanol–water partition coefficient (Wildman–Crippen LogP) is 14.0. The number of ether oxygens (including phenoxy) is 1. The monoisotopic (exact) mass is 839 g/mol. The summed E-state index contributed by atoms with van der Waals surface area (Å²) < 4.78 is 21.5. The van der Waals surface area contributed by atoms with Crippen molar-refractivity contribution in [2.24, 2.45) is 0 Å². The lowest BCUT2D eigenvalue weighted by atomic mass is 9.50. The number of aromatic nitrogens is 3. The van der Waals surface area contributed by atoms with E-state index in [4.69, 9.17) is 9.39 Å². The van der Waals surface area contributed by atoms with E-state index in [1.807, 2.05) is 0 Å². The first-order valence-corrected chi connectivity index (χ1v) is 22.7. The van der Waals surface area contributed by atoms with Crippen LogP contribution in [0.5, 0.6) is 17.2 Å². The van der Waals surface area contributed by atoms with Crippen LogP contribution in [0.15, 0.2) is 206 Å². The standard InChI is InChI=1S/C60H34BN3O2/c1-7-22-49-39(16-1)40-17-2-8-23-50(40)62(49)37-15-13-14-35(30-37)36-31-45-43-20-6-12-27-54(43)66-61-48-33-38(28-29-55(48)65-56(32-36)58(45)61)63-51-24-9-3-18-41(51)46-34-47-42-19-4-10-25-52(42)64-53-26-11-5-21-44(53)57(59(46)63)60(47)64/h1-34H. The van der Waals surface area contributed by atoms with Gasteiger partial charge >= 0.3 is 6.92 Å². The zero-order chi connectivity index (χ0) is 42.8. The van der Waals surface area contributed by atoms with E-state index in [0.717, 1.165) is 67.3 Å². The molecule has 4 aromatic heterocycles. The van der Waals surface area contributed by atoms with E-state index in [9.17, 15) is 0 Å². The minimum Gasteiger partial charge on any atom is -0.551 e. The highest BCUT2D eigenvalue weighted by atomic mass is 16.5. The third-order valence-corrected chi connectivity index (χ3v) is 14.6. The minimum absolute atomic E-state index is 0.371. The second-order valence-corrected chi connectivity index (χ2v) is 17.9. The van der Waals surface area contributed by atoms with Gasteiger partial charge in [0.15, 0.2) is 0 Å². The van der Waals surface area contributed by atoms with E-state index in [1.54, 1.807) is 0 Å². The van der Waals surface area contributed by atoms with E-state index in [1.165, 1.54) is 76.2 Å². The maximum Gasteiger partial charge on any atom is 0.434 e. The van der Waals surface area contributed by atoms with Crippen molar-refractivity contribution in [3.05, 3.63) is 206 Å². The van der Waals surface area contributed by atoms with Gasteiger partial charge in [-0.25, -0.2) is 0 Å². The highest BCUT2D eigenvalue weighted by molar-refractivity contribution is 6.84. The molecule has 0 spiro atoms. The molecule has 14 aromatic rings. The van der Waals surface area contributed by atoms with E-state index in [2.05, 4.69) is 220 Å². The summed E-state index contributed by atoms with van der Waals surface area (Å²) >= 11 is 0. The lowest BCUT2D eigenvalue weighted by Crippen LogP contribution is -2.53. The summed E-state index contributed by atoms with van der Waals surface area (Å²) in [5.74, 6) is 2.49. The van der Waals surface area contributed by atoms with Crippen LogP contribution in [0.2, 0.25) is 0 Å². The molecule has 2 aliphatic rings. The van der Waals surface area contributed by atoms with Crippen LogP contribution in [-0.4, -0.2) is 20.5 Å². The Balaban J connectivity index is 0.900. The van der Waals surface area contributed by atoms with E-state index in [0.29, 0.717) is 0 Å². The Morgan fingerprint density at radius 2 is 0.939 bits per heavy atom. The van der Waals surface area contributed by atoms with Crippen molar-refractivity contribution >= 4 is 99.5 Å². The first kappa shape index (κ1) is 34.7. The van der Waals surface area contributed by atoms with Crippen LogP contribution in [0.4, 0.5) is 0 Å². The molecule has 0 radical (unpaired) electrons. The molecule has 66 heavy (non-hydrogen) atoms. The van der Waals surface area contributed by atoms with Crippen molar-refractivity contribution in [2.45, 2.75) is 0 Å². The average Bonchev–Trinajstić information content (AvgIpc) is 4.10. The van der Waals surface area contributed by atoms with Crippen molar-refractivity contribution < 1.29 is 9.39 Å². The average molecular weight is 840 g/mol. The molecule has 0 amide bonds. The van der Waals surface area contributed by atoms with Crippen molar-refractivity contribution in [2.75, 3.05) is 0 Å². The SMILES string of the molecule is c1cc(-c2cc3c4c(c2)-c2ccccc2OB4c2cc(-n4c5ccccc5c5cc6c7ccccc7n7c8ccccc8c(c54)c67)ccc2O3)cc(-n2c3ccccc3c3ccccc32)c1. The molecular formula is C60H34BN3O2. The molecule has 0 unspecified atom stereocenters. The zero-order valence-electron chi connectivity index (χ0n) is 35.4. The second kappa shape index (κ2) is 12.5. The topological polar surface area (TPSA) is 32.7 Å². The van der Waals surface area contributed by atoms with Gasteiger partial charge in [-0.1, -0.05) is 121 Å². The van der Waals surface area contributed by atoms with Crippen molar-refractivity contribution in [1.29, 1.82) is 0 Å². The van der Waals surface area contributed by atoms with Crippen LogP contribution in [0.1, 0.15) is 0 Å². The molecular weight excluding hydrogens is 805 g/mol. The molecule has 0 saturated heterocycles. The number of para-hydroxylation sites is 6. The van der Waals surface area contributed by atoms with E-state index < -0.39 is 0 Å². The Hall–Kier alpha value is -8.74. The number of benzene rings is 10. The maximum atomic E-state index is 7.10. The summed E-state index contributed by atoms with van der Waals surface area (Å²) in [6.07, 6.45) is 0. The van der Waals surface area contributed by atoms with Crippen LogP contribution in [0, 0.1) is 0 Å². The predicted molar refractivity (Wildman–Crippen MR) is 273 cm³/mol. The Kier molecular flexibility index (Phi) is 6.57. The summed E-state index contributed by atoms with van der Waals surface area (Å²) in [5.41, 5.74) is 17.1. The normalized spacial score (nSPS) is 13.1. The molecule has 16 rings (SSSR count). The molecule has 2 aliphatic heterocycles. The largest absolute Gasteiger partial charge is 0.551 e. The first-order chi connectivity index (χ1) is 32.7. The molecule has 0 aliphatic carbocycles. The van der Waals surface area contributed by atoms with Gasteiger partial charge in [-0.3, -0.25) is 0 Å². The van der Waals surface area contributed by atoms with Gasteiger partial charge in [-0.15, -0.1) is 0 Å². The van der Waals surface area contributed by atoms with Gasteiger partial charge in [-0.2, -0.15) is 0 Å². The quantitative estimate of drug-likeness (QED) is 0.166. The molecule has 5 nitrogen and oxygen atoms in total. The van der Waals surface area contributed by atoms with Gasteiger partial charge in [-0.05, 0) is 102 Å². The van der Waals surface area contributed by atoms with Gasteiger partial charge in [0.05, 0.1) is 38.6 Å². The van der Waals surface area contributed by atoms with Crippen LogP contribution in [-0.2, 0) is 0 Å². The third kappa shape index (κ3) is 4.40.